The van der Waals surface area contributed by atoms with Crippen LogP contribution < -0.4 is 38.6 Å². The number of hydrogen-bond acceptors (Lipinski definition) is 1. The molecule has 2 nitrogen and oxygen atoms in total. The molecular formula is C27H21BrF3N2P. The Balaban J connectivity index is 0.00000324. The Morgan fingerprint density at radius 1 is 0.706 bits per heavy atom. The van der Waals surface area contributed by atoms with E-state index in [1.807, 2.05) is 91.0 Å². The number of alkyl halides is 3. The van der Waals surface area contributed by atoms with Crippen molar-refractivity contribution in [2.75, 3.05) is 5.73 Å². The summed E-state index contributed by atoms with van der Waals surface area (Å²) < 4.78 is 42.8. The minimum Gasteiger partial charge on any atom is -1.00 e. The van der Waals surface area contributed by atoms with Gasteiger partial charge in [-0.3, -0.25) is 0 Å². The fourth-order valence-corrected chi connectivity index (χ4v) is 8.54. The highest BCUT2D eigenvalue weighted by molar-refractivity contribution is 7.95. The molecule has 172 valence electrons. The smallest absolute Gasteiger partial charge is 0.407 e. The minimum atomic E-state index is -4.70. The van der Waals surface area contributed by atoms with E-state index in [1.165, 1.54) is 6.07 Å². The molecule has 34 heavy (non-hydrogen) atoms. The Labute approximate surface area is 208 Å². The standard InChI is InChI=1S/C27H21F3N2P.BrH/c1-32-25-18-17-24(31)23(26(25)27(28,29)30)19-33(20-11-5-2-6-12-20,21-13-7-3-8-14-21)22-15-9-4-10-16-22;/h2-18H,19,31H2;1H/q+1;/p-1. The van der Waals surface area contributed by atoms with Crippen molar-refractivity contribution < 1.29 is 30.2 Å². The van der Waals surface area contributed by atoms with Gasteiger partial charge in [0.25, 0.3) is 0 Å². The Bertz CT molecular complexity index is 1190. The van der Waals surface area contributed by atoms with Gasteiger partial charge in [-0.05, 0) is 42.5 Å². The van der Waals surface area contributed by atoms with Crippen molar-refractivity contribution >= 4 is 34.6 Å². The third-order valence-electron chi connectivity index (χ3n) is 5.72. The highest BCUT2D eigenvalue weighted by atomic mass is 79.9. The summed E-state index contributed by atoms with van der Waals surface area (Å²) in [6.07, 6.45) is -4.65. The summed E-state index contributed by atoms with van der Waals surface area (Å²) in [6, 6.07) is 31.5. The zero-order chi connectivity index (χ0) is 23.5. The summed E-state index contributed by atoms with van der Waals surface area (Å²) in [5, 5.41) is 2.84. The van der Waals surface area contributed by atoms with Gasteiger partial charge in [0.15, 0.2) is 5.69 Å². The van der Waals surface area contributed by atoms with Crippen LogP contribution in [0.25, 0.3) is 4.85 Å². The molecule has 0 aliphatic heterocycles. The van der Waals surface area contributed by atoms with Crippen molar-refractivity contribution in [2.45, 2.75) is 12.3 Å². The first-order valence-electron chi connectivity index (χ1n) is 10.3. The molecule has 0 saturated carbocycles. The van der Waals surface area contributed by atoms with Crippen molar-refractivity contribution in [1.82, 2.24) is 0 Å². The fourth-order valence-electron chi connectivity index (χ4n) is 4.24. The molecule has 0 unspecified atom stereocenters. The predicted octanol–water partition coefficient (Wildman–Crippen LogP) is 3.34. The van der Waals surface area contributed by atoms with E-state index in [0.717, 1.165) is 22.0 Å². The molecule has 0 heterocycles. The van der Waals surface area contributed by atoms with E-state index in [1.54, 1.807) is 0 Å². The van der Waals surface area contributed by atoms with E-state index < -0.39 is 24.7 Å². The number of hydrogen-bond donors (Lipinski definition) is 1. The quantitative estimate of drug-likeness (QED) is 0.235. The monoisotopic (exact) mass is 540 g/mol. The molecule has 0 atom stereocenters. The summed E-state index contributed by atoms with van der Waals surface area (Å²) >= 11 is 0. The second kappa shape index (κ2) is 10.4. The molecule has 0 amide bonds. The third-order valence-corrected chi connectivity index (χ3v) is 10.0. The molecule has 0 saturated heterocycles. The molecule has 0 aliphatic carbocycles. The van der Waals surface area contributed by atoms with E-state index in [-0.39, 0.29) is 34.4 Å². The number of halogens is 4. The highest BCUT2D eigenvalue weighted by Crippen LogP contribution is 2.60. The molecule has 0 spiro atoms. The number of anilines is 1. The maximum absolute atomic E-state index is 14.3. The average Bonchev–Trinajstić information content (AvgIpc) is 2.84. The van der Waals surface area contributed by atoms with Gasteiger partial charge in [-0.1, -0.05) is 60.7 Å². The van der Waals surface area contributed by atoms with Crippen LogP contribution in [0.3, 0.4) is 0 Å². The number of nitrogen functional groups attached to an aromatic ring is 1. The largest absolute Gasteiger partial charge is 1.00 e. The first kappa shape index (κ1) is 25.5. The van der Waals surface area contributed by atoms with Gasteiger partial charge in [0.2, 0.25) is 0 Å². The van der Waals surface area contributed by atoms with Crippen LogP contribution >= 0.6 is 7.26 Å². The molecule has 2 N–H and O–H groups in total. The molecule has 0 bridgehead atoms. The Morgan fingerprint density at radius 3 is 1.47 bits per heavy atom. The molecular weight excluding hydrogens is 520 g/mol. The minimum absolute atomic E-state index is 0. The van der Waals surface area contributed by atoms with Crippen molar-refractivity contribution in [3.05, 3.63) is 126 Å². The zero-order valence-electron chi connectivity index (χ0n) is 18.0. The second-order valence-electron chi connectivity index (χ2n) is 7.61. The molecule has 7 heteroatoms. The van der Waals surface area contributed by atoms with Crippen LogP contribution in [0, 0.1) is 6.57 Å². The van der Waals surface area contributed by atoms with Gasteiger partial charge in [-0.15, -0.1) is 0 Å². The molecule has 0 fully saturated rings. The second-order valence-corrected chi connectivity index (χ2v) is 11.1. The van der Waals surface area contributed by atoms with E-state index in [4.69, 9.17) is 12.3 Å². The lowest BCUT2D eigenvalue weighted by atomic mass is 10.0. The lowest BCUT2D eigenvalue weighted by molar-refractivity contribution is -0.137. The van der Waals surface area contributed by atoms with Gasteiger partial charge in [0.05, 0.1) is 18.3 Å². The highest BCUT2D eigenvalue weighted by Gasteiger charge is 2.48. The van der Waals surface area contributed by atoms with Crippen LogP contribution in [-0.2, 0) is 12.3 Å². The van der Waals surface area contributed by atoms with Crippen molar-refractivity contribution in [3.63, 3.8) is 0 Å². The van der Waals surface area contributed by atoms with E-state index in [2.05, 4.69) is 4.85 Å². The lowest BCUT2D eigenvalue weighted by Gasteiger charge is -2.29. The SMILES string of the molecule is [Br-].[C-]#[N+]c1ccc(N)c(C[P+](c2ccccc2)(c2ccccc2)c2ccccc2)c1C(F)(F)F. The van der Waals surface area contributed by atoms with Gasteiger partial charge in [0.1, 0.15) is 23.2 Å². The van der Waals surface area contributed by atoms with E-state index in [0.29, 0.717) is 0 Å². The first-order valence-corrected chi connectivity index (χ1v) is 12.3. The molecule has 0 aromatic heterocycles. The van der Waals surface area contributed by atoms with Gasteiger partial charge in [-0.2, -0.15) is 13.2 Å². The van der Waals surface area contributed by atoms with E-state index >= 15 is 0 Å². The van der Waals surface area contributed by atoms with Gasteiger partial charge < -0.3 is 22.7 Å². The maximum atomic E-state index is 14.3. The van der Waals surface area contributed by atoms with Crippen LogP contribution in [-0.4, -0.2) is 0 Å². The molecule has 4 aromatic rings. The molecule has 0 aliphatic rings. The average molecular weight is 541 g/mol. The van der Waals surface area contributed by atoms with Crippen LogP contribution in [0.2, 0.25) is 0 Å². The molecule has 4 rings (SSSR count). The van der Waals surface area contributed by atoms with Gasteiger partial charge in [0, 0.05) is 11.3 Å². The summed E-state index contributed by atoms with van der Waals surface area (Å²) in [6.45, 7) is 7.35. The van der Waals surface area contributed by atoms with Crippen LogP contribution in [0.4, 0.5) is 24.5 Å². The normalized spacial score (nSPS) is 11.4. The number of rotatable bonds is 5. The van der Waals surface area contributed by atoms with Gasteiger partial charge in [-0.25, -0.2) is 4.85 Å². The van der Waals surface area contributed by atoms with Crippen LogP contribution in [0.1, 0.15) is 11.1 Å². The van der Waals surface area contributed by atoms with Crippen molar-refractivity contribution in [3.8, 4) is 0 Å². The van der Waals surface area contributed by atoms with Gasteiger partial charge >= 0.3 is 6.18 Å². The number of nitrogens with two attached hydrogens (primary N) is 1. The first-order chi connectivity index (χ1) is 15.9. The zero-order valence-corrected chi connectivity index (χ0v) is 20.5. The summed E-state index contributed by atoms with van der Waals surface area (Å²) in [5.74, 6) is 0. The third kappa shape index (κ3) is 4.73. The molecule has 0 radical (unpaired) electrons. The van der Waals surface area contributed by atoms with E-state index in [9.17, 15) is 13.2 Å². The number of nitrogens with zero attached hydrogens (tertiary/aromatic N) is 1. The fraction of sp³-hybridized carbons (Fsp3) is 0.0741. The Kier molecular flexibility index (Phi) is 7.82. The van der Waals surface area contributed by atoms with Crippen molar-refractivity contribution in [1.29, 1.82) is 0 Å². The van der Waals surface area contributed by atoms with Crippen LogP contribution in [0.15, 0.2) is 103 Å². The van der Waals surface area contributed by atoms with Crippen LogP contribution in [0.5, 0.6) is 0 Å². The maximum Gasteiger partial charge on any atom is 0.407 e. The summed E-state index contributed by atoms with van der Waals surface area (Å²) in [4.78, 5) is 3.17. The number of benzene rings is 4. The molecule has 4 aromatic carbocycles. The topological polar surface area (TPSA) is 30.4 Å². The summed E-state index contributed by atoms with van der Waals surface area (Å²) in [5.41, 5.74) is 4.84. The Hall–Kier alpha value is -3.13. The Morgan fingerprint density at radius 2 is 1.12 bits per heavy atom. The van der Waals surface area contributed by atoms with Crippen molar-refractivity contribution in [2.24, 2.45) is 0 Å². The summed E-state index contributed by atoms with van der Waals surface area (Å²) in [7, 11) is -2.61. The predicted molar refractivity (Wildman–Crippen MR) is 131 cm³/mol. The lowest BCUT2D eigenvalue weighted by Crippen LogP contribution is -3.00.